The molecule has 1 heterocycles. The molecule has 2 N–H and O–H groups in total. The minimum Gasteiger partial charge on any atom is -0.493 e. The fourth-order valence-electron chi connectivity index (χ4n) is 2.33. The first-order valence-corrected chi connectivity index (χ1v) is 8.65. The van der Waals surface area contributed by atoms with E-state index in [2.05, 4.69) is 20.8 Å². The Balaban J connectivity index is 1.56. The smallest absolute Gasteiger partial charge is 0.259 e. The highest BCUT2D eigenvalue weighted by molar-refractivity contribution is 7.22. The lowest BCUT2D eigenvalue weighted by Gasteiger charge is -2.09. The van der Waals surface area contributed by atoms with Gasteiger partial charge in [-0.25, -0.2) is 10.4 Å². The number of thiazole rings is 1. The number of aromatic nitrogens is 1. The molecule has 0 fully saturated rings. The summed E-state index contributed by atoms with van der Waals surface area (Å²) >= 11 is 1.50. The minimum absolute atomic E-state index is 0.0758. The predicted molar refractivity (Wildman–Crippen MR) is 103 cm³/mol. The van der Waals surface area contributed by atoms with Crippen LogP contribution in [0.2, 0.25) is 0 Å². The Morgan fingerprint density at radius 3 is 2.81 bits per heavy atom. The molecule has 1 amide bonds. The van der Waals surface area contributed by atoms with Crippen LogP contribution in [0.3, 0.4) is 0 Å². The Hall–Kier alpha value is -3.13. The van der Waals surface area contributed by atoms with Gasteiger partial charge in [-0.3, -0.25) is 4.79 Å². The quantitative estimate of drug-likeness (QED) is 0.493. The normalized spacial score (nSPS) is 10.8. The fraction of sp³-hybridized carbons (Fsp3) is 0.167. The zero-order valence-corrected chi connectivity index (χ0v) is 15.2. The van der Waals surface area contributed by atoms with Crippen LogP contribution in [0.25, 0.3) is 10.2 Å². The summed E-state index contributed by atoms with van der Waals surface area (Å²) in [5, 5.41) is 7.66. The molecule has 0 radical (unpaired) electrons. The molecule has 134 valence electrons. The van der Waals surface area contributed by atoms with E-state index in [1.807, 2.05) is 36.4 Å². The van der Waals surface area contributed by atoms with Crippen molar-refractivity contribution >= 4 is 38.8 Å². The number of anilines is 1. The number of benzene rings is 2. The molecule has 0 aliphatic heterocycles. The standard InChI is InChI=1S/C18H18N4O3S/c1-24-14-8-5-6-12(17(14)25-2)10-20-22-16(23)11-19-18-21-13-7-3-4-9-15(13)26-18/h3-10H,11H2,1-2H3,(H,19,21)(H,22,23)/b20-10-. The van der Waals surface area contributed by atoms with Gasteiger partial charge in [-0.05, 0) is 24.3 Å². The first kappa shape index (κ1) is 17.7. The van der Waals surface area contributed by atoms with E-state index in [1.54, 1.807) is 20.3 Å². The molecular weight excluding hydrogens is 352 g/mol. The maximum atomic E-state index is 11.9. The monoisotopic (exact) mass is 370 g/mol. The van der Waals surface area contributed by atoms with Crippen LogP contribution >= 0.6 is 11.3 Å². The largest absolute Gasteiger partial charge is 0.493 e. The molecule has 1 aromatic heterocycles. The lowest BCUT2D eigenvalue weighted by molar-refractivity contribution is -0.119. The van der Waals surface area contributed by atoms with Gasteiger partial charge in [0.15, 0.2) is 16.6 Å². The Morgan fingerprint density at radius 1 is 1.19 bits per heavy atom. The summed E-state index contributed by atoms with van der Waals surface area (Å²) in [6.45, 7) is 0.0758. The number of hydrogen-bond acceptors (Lipinski definition) is 7. The maximum Gasteiger partial charge on any atom is 0.259 e. The number of nitrogens with one attached hydrogen (secondary N) is 2. The number of hydrazone groups is 1. The van der Waals surface area contributed by atoms with Crippen molar-refractivity contribution in [2.24, 2.45) is 5.10 Å². The average Bonchev–Trinajstić information content (AvgIpc) is 3.09. The second-order valence-electron chi connectivity index (χ2n) is 5.22. The zero-order valence-electron chi connectivity index (χ0n) is 14.4. The second kappa shape index (κ2) is 8.30. The van der Waals surface area contributed by atoms with Crippen molar-refractivity contribution in [3.05, 3.63) is 48.0 Å². The lowest BCUT2D eigenvalue weighted by Crippen LogP contribution is -2.25. The van der Waals surface area contributed by atoms with Crippen LogP contribution in [-0.2, 0) is 4.79 Å². The van der Waals surface area contributed by atoms with Gasteiger partial charge in [-0.2, -0.15) is 5.10 Å². The number of carbonyl (C=O) groups excluding carboxylic acids is 1. The van der Waals surface area contributed by atoms with E-state index in [1.165, 1.54) is 17.6 Å². The Morgan fingerprint density at radius 2 is 2.04 bits per heavy atom. The molecular formula is C18H18N4O3S. The number of para-hydroxylation sites is 2. The third-order valence-electron chi connectivity index (χ3n) is 3.52. The fourth-order valence-corrected chi connectivity index (χ4v) is 3.19. The number of rotatable bonds is 7. The summed E-state index contributed by atoms with van der Waals surface area (Å²) in [7, 11) is 3.12. The van der Waals surface area contributed by atoms with Crippen molar-refractivity contribution in [2.75, 3.05) is 26.1 Å². The van der Waals surface area contributed by atoms with Crippen LogP contribution < -0.4 is 20.2 Å². The minimum atomic E-state index is -0.276. The van der Waals surface area contributed by atoms with E-state index in [-0.39, 0.29) is 12.5 Å². The molecule has 0 unspecified atom stereocenters. The Labute approximate surface area is 154 Å². The predicted octanol–water partition coefficient (Wildman–Crippen LogP) is 2.88. The summed E-state index contributed by atoms with van der Waals surface area (Å²) in [5.74, 6) is 0.878. The number of carbonyl (C=O) groups is 1. The number of ether oxygens (including phenoxy) is 2. The van der Waals surface area contributed by atoms with E-state index >= 15 is 0 Å². The molecule has 7 nitrogen and oxygen atoms in total. The van der Waals surface area contributed by atoms with Crippen molar-refractivity contribution in [3.63, 3.8) is 0 Å². The topological polar surface area (TPSA) is 84.8 Å². The van der Waals surface area contributed by atoms with E-state index in [4.69, 9.17) is 9.47 Å². The van der Waals surface area contributed by atoms with Gasteiger partial charge in [-0.15, -0.1) is 0 Å². The van der Waals surface area contributed by atoms with E-state index < -0.39 is 0 Å². The summed E-state index contributed by atoms with van der Waals surface area (Å²) in [6, 6.07) is 13.2. The van der Waals surface area contributed by atoms with Gasteiger partial charge in [0.1, 0.15) is 0 Å². The molecule has 0 bridgehead atoms. The van der Waals surface area contributed by atoms with Crippen LogP contribution in [-0.4, -0.2) is 37.9 Å². The van der Waals surface area contributed by atoms with Gasteiger partial charge in [0.2, 0.25) is 0 Å². The third-order valence-corrected chi connectivity index (χ3v) is 4.51. The number of nitrogens with zero attached hydrogens (tertiary/aromatic N) is 2. The molecule has 2 aromatic carbocycles. The van der Waals surface area contributed by atoms with Crippen LogP contribution in [0, 0.1) is 0 Å². The summed E-state index contributed by atoms with van der Waals surface area (Å²) in [6.07, 6.45) is 1.51. The van der Waals surface area contributed by atoms with Crippen LogP contribution in [0.1, 0.15) is 5.56 Å². The number of hydrogen-bond donors (Lipinski definition) is 2. The van der Waals surface area contributed by atoms with Gasteiger partial charge in [0, 0.05) is 5.56 Å². The molecule has 26 heavy (non-hydrogen) atoms. The first-order valence-electron chi connectivity index (χ1n) is 7.83. The van der Waals surface area contributed by atoms with E-state index in [9.17, 15) is 4.79 Å². The van der Waals surface area contributed by atoms with Gasteiger partial charge in [0.25, 0.3) is 5.91 Å². The molecule has 0 saturated heterocycles. The molecule has 0 atom stereocenters. The van der Waals surface area contributed by atoms with Crippen LogP contribution in [0.4, 0.5) is 5.13 Å². The van der Waals surface area contributed by atoms with Gasteiger partial charge < -0.3 is 14.8 Å². The number of fused-ring (bicyclic) bond motifs is 1. The van der Waals surface area contributed by atoms with E-state index in [0.29, 0.717) is 22.2 Å². The summed E-state index contributed by atoms with van der Waals surface area (Å²) < 4.78 is 11.6. The molecule has 3 aromatic rings. The van der Waals surface area contributed by atoms with Crippen molar-refractivity contribution in [3.8, 4) is 11.5 Å². The molecule has 0 saturated carbocycles. The molecule has 8 heteroatoms. The van der Waals surface area contributed by atoms with Crippen molar-refractivity contribution < 1.29 is 14.3 Å². The average molecular weight is 370 g/mol. The highest BCUT2D eigenvalue weighted by Gasteiger charge is 2.08. The van der Waals surface area contributed by atoms with Crippen molar-refractivity contribution in [2.45, 2.75) is 0 Å². The number of methoxy groups -OCH3 is 2. The zero-order chi connectivity index (χ0) is 18.4. The highest BCUT2D eigenvalue weighted by Crippen LogP contribution is 2.29. The second-order valence-corrected chi connectivity index (χ2v) is 6.25. The van der Waals surface area contributed by atoms with Crippen molar-refractivity contribution in [1.82, 2.24) is 10.4 Å². The van der Waals surface area contributed by atoms with Gasteiger partial charge in [0.05, 0.1) is 37.2 Å². The number of amides is 1. The molecule has 0 aliphatic rings. The molecule has 3 rings (SSSR count). The van der Waals surface area contributed by atoms with Crippen LogP contribution in [0.5, 0.6) is 11.5 Å². The summed E-state index contributed by atoms with van der Waals surface area (Å²) in [5.41, 5.74) is 4.08. The highest BCUT2D eigenvalue weighted by atomic mass is 32.1. The maximum absolute atomic E-state index is 11.9. The van der Waals surface area contributed by atoms with Crippen molar-refractivity contribution in [1.29, 1.82) is 0 Å². The van der Waals surface area contributed by atoms with Crippen LogP contribution in [0.15, 0.2) is 47.6 Å². The van der Waals surface area contributed by atoms with Gasteiger partial charge in [-0.1, -0.05) is 29.5 Å². The van der Waals surface area contributed by atoms with Gasteiger partial charge >= 0.3 is 0 Å². The Kier molecular flexibility index (Phi) is 5.65. The lowest BCUT2D eigenvalue weighted by atomic mass is 10.2. The first-order chi connectivity index (χ1) is 12.7. The van der Waals surface area contributed by atoms with E-state index in [0.717, 1.165) is 10.2 Å². The molecule has 0 spiro atoms. The summed E-state index contributed by atoms with van der Waals surface area (Å²) in [4.78, 5) is 16.3. The molecule has 0 aliphatic carbocycles. The Bertz CT molecular complexity index is 906. The SMILES string of the molecule is COc1cccc(/C=N\NC(=O)CNc2nc3ccccc3s2)c1OC. The third kappa shape index (κ3) is 4.09.